The lowest BCUT2D eigenvalue weighted by Gasteiger charge is -2.26. The van der Waals surface area contributed by atoms with Gasteiger partial charge < -0.3 is 33.3 Å². The minimum atomic E-state index is -1.62. The second-order valence-electron chi connectivity index (χ2n) is 21.6. The summed E-state index contributed by atoms with van der Waals surface area (Å²) >= 11 is 0. The maximum Gasteiger partial charge on any atom is 0.306 e. The highest BCUT2D eigenvalue weighted by atomic mass is 16.7. The van der Waals surface area contributed by atoms with Crippen molar-refractivity contribution in [3.8, 4) is 0 Å². The summed E-state index contributed by atoms with van der Waals surface area (Å²) in [5.41, 5.74) is 0. The number of rotatable bonds is 56. The van der Waals surface area contributed by atoms with Crippen LogP contribution in [0.1, 0.15) is 277 Å². The molecular formula is C63H115NO8. The average Bonchev–Trinajstić information content (AvgIpc) is 3.35. The van der Waals surface area contributed by atoms with Crippen LogP contribution in [0, 0.1) is 0 Å². The van der Waals surface area contributed by atoms with Crippen LogP contribution in [-0.2, 0) is 33.3 Å². The number of hydrogen-bond donors (Lipinski definition) is 0. The van der Waals surface area contributed by atoms with Crippen LogP contribution in [0.5, 0.6) is 0 Å². The summed E-state index contributed by atoms with van der Waals surface area (Å²) in [5, 5.41) is 11.8. The third-order valence-corrected chi connectivity index (χ3v) is 13.3. The van der Waals surface area contributed by atoms with Gasteiger partial charge in [0.25, 0.3) is 0 Å². The van der Waals surface area contributed by atoms with Gasteiger partial charge in [0.1, 0.15) is 13.2 Å². The summed E-state index contributed by atoms with van der Waals surface area (Å²) in [6.07, 6.45) is 64.5. The van der Waals surface area contributed by atoms with E-state index < -0.39 is 24.3 Å². The molecule has 0 bridgehead atoms. The molecule has 0 N–H and O–H groups in total. The van der Waals surface area contributed by atoms with Crippen molar-refractivity contribution >= 4 is 17.9 Å². The summed E-state index contributed by atoms with van der Waals surface area (Å²) in [7, 11) is 5.92. The van der Waals surface area contributed by atoms with Gasteiger partial charge in [-0.1, -0.05) is 236 Å². The predicted molar refractivity (Wildman–Crippen MR) is 302 cm³/mol. The maximum atomic E-state index is 12.9. The van der Waals surface area contributed by atoms with E-state index in [0.29, 0.717) is 17.4 Å². The van der Waals surface area contributed by atoms with E-state index in [1.165, 1.54) is 186 Å². The number of esters is 2. The summed E-state index contributed by atoms with van der Waals surface area (Å²) in [5.74, 6) is -2.28. The van der Waals surface area contributed by atoms with E-state index in [4.69, 9.17) is 18.9 Å². The van der Waals surface area contributed by atoms with E-state index in [-0.39, 0.29) is 38.6 Å². The molecule has 0 spiro atoms. The Morgan fingerprint density at radius 1 is 0.417 bits per heavy atom. The highest BCUT2D eigenvalue weighted by Gasteiger charge is 2.22. The number of ether oxygens (including phenoxy) is 4. The Hall–Kier alpha value is -2.75. The highest BCUT2D eigenvalue weighted by Crippen LogP contribution is 2.17. The Bertz CT molecular complexity index is 1320. The maximum absolute atomic E-state index is 12.9. The second kappa shape index (κ2) is 54.5. The average molecular weight is 1010 g/mol. The summed E-state index contributed by atoms with van der Waals surface area (Å²) in [6.45, 7) is 4.74. The van der Waals surface area contributed by atoms with Crippen molar-refractivity contribution in [2.75, 3.05) is 47.5 Å². The molecule has 0 aliphatic carbocycles. The van der Waals surface area contributed by atoms with E-state index in [9.17, 15) is 19.5 Å². The highest BCUT2D eigenvalue weighted by molar-refractivity contribution is 5.70. The number of allylic oxidation sites excluding steroid dienone is 8. The predicted octanol–water partition coefficient (Wildman–Crippen LogP) is 16.5. The molecule has 0 amide bonds. The molecule has 0 aromatic heterocycles. The largest absolute Gasteiger partial charge is 0.545 e. The number of carboxylic acids is 1. The lowest BCUT2D eigenvalue weighted by Crippen LogP contribution is -2.44. The van der Waals surface area contributed by atoms with Gasteiger partial charge in [-0.2, -0.15) is 0 Å². The van der Waals surface area contributed by atoms with Crippen LogP contribution in [0.25, 0.3) is 0 Å². The topological polar surface area (TPSA) is 111 Å². The van der Waals surface area contributed by atoms with Crippen LogP contribution in [0.2, 0.25) is 0 Å². The zero-order chi connectivity index (χ0) is 52.7. The number of aliphatic carboxylic acids is 1. The minimum absolute atomic E-state index is 0.147. The molecule has 0 rings (SSSR count). The number of likely N-dealkylation sites (N-methyl/N-ethyl adjacent to an activating group) is 1. The third kappa shape index (κ3) is 55.0. The van der Waals surface area contributed by atoms with Crippen LogP contribution in [0.3, 0.4) is 0 Å². The van der Waals surface area contributed by atoms with Crippen molar-refractivity contribution in [1.82, 2.24) is 0 Å². The van der Waals surface area contributed by atoms with E-state index in [1.807, 2.05) is 21.1 Å². The summed E-state index contributed by atoms with van der Waals surface area (Å²) in [4.78, 5) is 37.3. The molecule has 0 aromatic carbocycles. The van der Waals surface area contributed by atoms with Gasteiger partial charge >= 0.3 is 11.9 Å². The SMILES string of the molecule is CCCCCC/C=C\C/C=C\CCCCCCCCCC(=O)OCC(COC(OCC[N+](C)(C)C)C(=O)[O-])OC(=O)CCCCCCCCCCCCCCCCCCC/C=C\C/C=C\CCCCCCC. The van der Waals surface area contributed by atoms with Gasteiger partial charge in [-0.25, -0.2) is 0 Å². The first-order valence-corrected chi connectivity index (χ1v) is 30.3. The number of nitrogens with zero attached hydrogens (tertiary/aromatic N) is 1. The number of carboxylic acid groups (broad SMARTS) is 1. The van der Waals surface area contributed by atoms with Gasteiger partial charge in [0.15, 0.2) is 12.4 Å². The van der Waals surface area contributed by atoms with Crippen LogP contribution >= 0.6 is 0 Å². The summed E-state index contributed by atoms with van der Waals surface area (Å²) < 4.78 is 22.7. The number of unbranched alkanes of at least 4 members (excludes halogenated alkanes) is 33. The number of hydrogen-bond acceptors (Lipinski definition) is 8. The lowest BCUT2D eigenvalue weighted by molar-refractivity contribution is -0.870. The van der Waals surface area contributed by atoms with Crippen molar-refractivity contribution in [3.05, 3.63) is 48.6 Å². The monoisotopic (exact) mass is 1010 g/mol. The molecule has 72 heavy (non-hydrogen) atoms. The number of carbonyl (C=O) groups excluding carboxylic acids is 3. The normalized spacial score (nSPS) is 13.1. The second-order valence-corrected chi connectivity index (χ2v) is 21.6. The molecule has 420 valence electrons. The molecule has 2 unspecified atom stereocenters. The van der Waals surface area contributed by atoms with Gasteiger partial charge in [-0.15, -0.1) is 0 Å². The van der Waals surface area contributed by atoms with Gasteiger partial charge in [0.05, 0.1) is 40.3 Å². The van der Waals surface area contributed by atoms with Crippen molar-refractivity contribution in [3.63, 3.8) is 0 Å². The first kappa shape index (κ1) is 69.2. The molecule has 0 radical (unpaired) electrons. The Balaban J connectivity index is 4.17. The fourth-order valence-electron chi connectivity index (χ4n) is 8.60. The molecule has 0 aromatic rings. The molecule has 0 heterocycles. The van der Waals surface area contributed by atoms with E-state index in [0.717, 1.165) is 57.8 Å². The van der Waals surface area contributed by atoms with Gasteiger partial charge in [0, 0.05) is 12.8 Å². The van der Waals surface area contributed by atoms with Gasteiger partial charge in [-0.05, 0) is 77.0 Å². The Kier molecular flexibility index (Phi) is 52.4. The molecule has 2 atom stereocenters. The first-order chi connectivity index (χ1) is 35.1. The fraction of sp³-hybridized carbons (Fsp3) is 0.825. The minimum Gasteiger partial charge on any atom is -0.545 e. The van der Waals surface area contributed by atoms with Crippen molar-refractivity contribution < 1.29 is 42.9 Å². The van der Waals surface area contributed by atoms with Crippen molar-refractivity contribution in [2.45, 2.75) is 289 Å². The van der Waals surface area contributed by atoms with E-state index >= 15 is 0 Å². The van der Waals surface area contributed by atoms with Crippen molar-refractivity contribution in [2.24, 2.45) is 0 Å². The van der Waals surface area contributed by atoms with Gasteiger partial charge in [-0.3, -0.25) is 9.59 Å². The molecule has 0 fully saturated rings. The molecule has 9 nitrogen and oxygen atoms in total. The summed E-state index contributed by atoms with van der Waals surface area (Å²) in [6, 6.07) is 0. The van der Waals surface area contributed by atoms with E-state index in [1.54, 1.807) is 0 Å². The Labute approximate surface area is 444 Å². The van der Waals surface area contributed by atoms with Crippen LogP contribution < -0.4 is 5.11 Å². The standard InChI is InChI=1S/C63H115NO8/c1-6-8-10-12-14-16-18-20-22-24-26-27-28-29-30-31-32-33-34-35-36-38-40-42-44-46-48-50-52-54-61(66)72-59(58-71-63(62(67)68)69-56-55-64(3,4)5)57-70-60(65)53-51-49-47-45-43-41-39-37-25-23-21-19-17-15-13-11-9-7-2/h17-20,23-26,59,63H,6-16,21-22,27-58H2,1-5H3/b19-17-,20-18-,25-23-,26-24-. The van der Waals surface area contributed by atoms with Gasteiger partial charge in [0.2, 0.25) is 0 Å². The zero-order valence-electron chi connectivity index (χ0n) is 47.8. The Morgan fingerprint density at radius 3 is 1.11 bits per heavy atom. The molecule has 0 aliphatic heterocycles. The molecule has 0 saturated heterocycles. The first-order valence-electron chi connectivity index (χ1n) is 30.3. The van der Waals surface area contributed by atoms with Crippen LogP contribution in [0.15, 0.2) is 48.6 Å². The Morgan fingerprint density at radius 2 is 0.750 bits per heavy atom. The van der Waals surface area contributed by atoms with Crippen molar-refractivity contribution in [1.29, 1.82) is 0 Å². The number of quaternary nitrogens is 1. The van der Waals surface area contributed by atoms with Crippen LogP contribution in [0.4, 0.5) is 0 Å². The molecule has 9 heteroatoms. The molecule has 0 saturated carbocycles. The van der Waals surface area contributed by atoms with E-state index in [2.05, 4.69) is 62.5 Å². The number of carbonyl (C=O) groups is 3. The fourth-order valence-corrected chi connectivity index (χ4v) is 8.60. The van der Waals surface area contributed by atoms with Crippen LogP contribution in [-0.4, -0.2) is 82.3 Å². The molecular weight excluding hydrogens is 899 g/mol. The zero-order valence-corrected chi connectivity index (χ0v) is 47.8. The quantitative estimate of drug-likeness (QED) is 0.0195. The third-order valence-electron chi connectivity index (χ3n) is 13.3. The lowest BCUT2D eigenvalue weighted by atomic mass is 10.0. The smallest absolute Gasteiger partial charge is 0.306 e. The molecule has 0 aliphatic rings.